The Bertz CT molecular complexity index is 980. The second kappa shape index (κ2) is 5.88. The van der Waals surface area contributed by atoms with Crippen molar-refractivity contribution >= 4 is 11.6 Å². The van der Waals surface area contributed by atoms with E-state index in [1.54, 1.807) is 13.2 Å². The number of hydrogen-bond donors (Lipinski definition) is 1. The molecular weight excluding hydrogens is 321 g/mol. The first-order chi connectivity index (χ1) is 12.1. The van der Waals surface area contributed by atoms with Crippen LogP contribution in [0.1, 0.15) is 34.9 Å². The van der Waals surface area contributed by atoms with E-state index >= 15 is 0 Å². The zero-order chi connectivity index (χ0) is 17.6. The maximum atomic E-state index is 13.9. The summed E-state index contributed by atoms with van der Waals surface area (Å²) in [5, 5.41) is 2.88. The molecule has 0 radical (unpaired) electrons. The van der Waals surface area contributed by atoms with E-state index in [4.69, 9.17) is 4.74 Å². The number of aromatic nitrogens is 2. The van der Waals surface area contributed by atoms with Crippen molar-refractivity contribution in [1.29, 1.82) is 0 Å². The number of pyridine rings is 1. The first-order valence-corrected chi connectivity index (χ1v) is 8.14. The van der Waals surface area contributed by atoms with Gasteiger partial charge < -0.3 is 14.5 Å². The summed E-state index contributed by atoms with van der Waals surface area (Å²) in [6, 6.07) is 8.39. The normalized spacial score (nSPS) is 17.1. The van der Waals surface area contributed by atoms with Gasteiger partial charge in [-0.2, -0.15) is 0 Å². The van der Waals surface area contributed by atoms with Crippen LogP contribution in [0.15, 0.2) is 36.5 Å². The van der Waals surface area contributed by atoms with Crippen molar-refractivity contribution in [2.24, 2.45) is 0 Å². The van der Waals surface area contributed by atoms with Crippen LogP contribution in [0.25, 0.3) is 5.65 Å². The number of amides is 1. The minimum Gasteiger partial charge on any atom is -0.496 e. The number of imidazole rings is 1. The minimum atomic E-state index is -0.355. The average Bonchev–Trinajstić information content (AvgIpc) is 2.86. The van der Waals surface area contributed by atoms with Gasteiger partial charge in [-0.25, -0.2) is 9.37 Å². The first kappa shape index (κ1) is 15.6. The molecule has 0 fully saturated rings. The van der Waals surface area contributed by atoms with Crippen molar-refractivity contribution in [3.05, 3.63) is 64.9 Å². The summed E-state index contributed by atoms with van der Waals surface area (Å²) < 4.78 is 21.3. The number of carbonyl (C=O) groups excluding carboxylic acids is 1. The molecule has 3 aromatic rings. The molecular formula is C19H18FN3O2. The van der Waals surface area contributed by atoms with E-state index in [2.05, 4.69) is 10.3 Å². The van der Waals surface area contributed by atoms with Crippen LogP contribution in [0, 0.1) is 12.7 Å². The predicted molar refractivity (Wildman–Crippen MR) is 91.2 cm³/mol. The quantitative estimate of drug-likeness (QED) is 0.781. The third kappa shape index (κ3) is 2.63. The van der Waals surface area contributed by atoms with Crippen LogP contribution >= 0.6 is 0 Å². The van der Waals surface area contributed by atoms with Crippen molar-refractivity contribution in [3.8, 4) is 5.75 Å². The Morgan fingerprint density at radius 3 is 2.96 bits per heavy atom. The zero-order valence-electron chi connectivity index (χ0n) is 14.0. The standard InChI is InChI=1S/C19H18FN3O2/c1-11-5-6-23-17(7-11)22-15-10-21-18(24)9-14(19(15)23)13-8-12(20)3-4-16(13)25-2/h3-8,14H,9-10H2,1-2H3,(H,21,24)/t14-/m1/s1. The third-order valence-corrected chi connectivity index (χ3v) is 4.63. The fraction of sp³-hybridized carbons (Fsp3) is 0.263. The number of hydrogen-bond acceptors (Lipinski definition) is 3. The Balaban J connectivity index is 1.98. The molecule has 0 saturated heterocycles. The van der Waals surface area contributed by atoms with Crippen LogP contribution < -0.4 is 10.1 Å². The number of benzene rings is 1. The number of halogens is 1. The SMILES string of the molecule is COc1ccc(F)cc1[C@H]1CC(=O)NCc2nc3cc(C)ccn3c21. The van der Waals surface area contributed by atoms with Gasteiger partial charge in [0.05, 0.1) is 25.0 Å². The Morgan fingerprint density at radius 2 is 2.16 bits per heavy atom. The lowest BCUT2D eigenvalue weighted by molar-refractivity contribution is -0.121. The average molecular weight is 339 g/mol. The summed E-state index contributed by atoms with van der Waals surface area (Å²) >= 11 is 0. The molecule has 25 heavy (non-hydrogen) atoms. The summed E-state index contributed by atoms with van der Waals surface area (Å²) in [6.07, 6.45) is 2.17. The highest BCUT2D eigenvalue weighted by molar-refractivity contribution is 5.78. The monoisotopic (exact) mass is 339 g/mol. The van der Waals surface area contributed by atoms with Crippen LogP contribution in [-0.4, -0.2) is 22.4 Å². The van der Waals surface area contributed by atoms with Crippen LogP contribution in [0.2, 0.25) is 0 Å². The molecule has 1 aliphatic rings. The third-order valence-electron chi connectivity index (χ3n) is 4.63. The van der Waals surface area contributed by atoms with E-state index in [9.17, 15) is 9.18 Å². The molecule has 4 rings (SSSR count). The Morgan fingerprint density at radius 1 is 1.32 bits per heavy atom. The molecule has 1 N–H and O–H groups in total. The van der Waals surface area contributed by atoms with Gasteiger partial charge in [0, 0.05) is 24.1 Å². The molecule has 2 aromatic heterocycles. The highest BCUT2D eigenvalue weighted by Gasteiger charge is 2.30. The van der Waals surface area contributed by atoms with Crippen molar-refractivity contribution in [3.63, 3.8) is 0 Å². The number of methoxy groups -OCH3 is 1. The molecule has 1 aromatic carbocycles. The molecule has 1 aliphatic heterocycles. The number of rotatable bonds is 2. The van der Waals surface area contributed by atoms with Gasteiger partial charge in [0.15, 0.2) is 0 Å². The molecule has 0 spiro atoms. The molecule has 0 bridgehead atoms. The van der Waals surface area contributed by atoms with Gasteiger partial charge >= 0.3 is 0 Å². The topological polar surface area (TPSA) is 55.6 Å². The van der Waals surface area contributed by atoms with E-state index in [1.807, 2.05) is 29.7 Å². The highest BCUT2D eigenvalue weighted by atomic mass is 19.1. The zero-order valence-corrected chi connectivity index (χ0v) is 14.0. The Kier molecular flexibility index (Phi) is 3.67. The maximum absolute atomic E-state index is 13.9. The lowest BCUT2D eigenvalue weighted by atomic mass is 9.90. The number of carbonyl (C=O) groups is 1. The van der Waals surface area contributed by atoms with Gasteiger partial charge in [-0.15, -0.1) is 0 Å². The van der Waals surface area contributed by atoms with Crippen molar-refractivity contribution in [2.45, 2.75) is 25.8 Å². The summed E-state index contributed by atoms with van der Waals surface area (Å²) in [4.78, 5) is 16.9. The number of nitrogens with one attached hydrogen (secondary N) is 1. The summed E-state index contributed by atoms with van der Waals surface area (Å²) in [5.74, 6) is -0.211. The number of ether oxygens (including phenoxy) is 1. The molecule has 0 unspecified atom stereocenters. The van der Waals surface area contributed by atoms with E-state index < -0.39 is 0 Å². The van der Waals surface area contributed by atoms with Crippen LogP contribution in [-0.2, 0) is 11.3 Å². The van der Waals surface area contributed by atoms with Crippen LogP contribution in [0.4, 0.5) is 4.39 Å². The van der Waals surface area contributed by atoms with E-state index in [1.165, 1.54) is 12.1 Å². The molecule has 3 heterocycles. The molecule has 128 valence electrons. The summed E-state index contributed by atoms with van der Waals surface area (Å²) in [5.41, 5.74) is 4.28. The number of fused-ring (bicyclic) bond motifs is 3. The van der Waals surface area contributed by atoms with Crippen molar-refractivity contribution in [2.75, 3.05) is 7.11 Å². The predicted octanol–water partition coefficient (Wildman–Crippen LogP) is 2.94. The van der Waals surface area contributed by atoms with Crippen LogP contribution in [0.5, 0.6) is 5.75 Å². The molecule has 1 atom stereocenters. The second-order valence-corrected chi connectivity index (χ2v) is 6.30. The lowest BCUT2D eigenvalue weighted by Crippen LogP contribution is -2.21. The Labute approximate surface area is 144 Å². The van der Waals surface area contributed by atoms with Gasteiger partial charge in [0.2, 0.25) is 5.91 Å². The summed E-state index contributed by atoms with van der Waals surface area (Å²) in [6.45, 7) is 2.37. The minimum absolute atomic E-state index is 0.0878. The molecule has 6 heteroatoms. The number of nitrogens with zero attached hydrogens (tertiary/aromatic N) is 2. The molecule has 1 amide bonds. The van der Waals surface area contributed by atoms with Crippen molar-refractivity contribution < 1.29 is 13.9 Å². The largest absolute Gasteiger partial charge is 0.496 e. The van der Waals surface area contributed by atoms with Crippen molar-refractivity contribution in [1.82, 2.24) is 14.7 Å². The fourth-order valence-electron chi connectivity index (χ4n) is 3.48. The molecule has 0 aliphatic carbocycles. The van der Waals surface area contributed by atoms with E-state index in [0.717, 1.165) is 22.6 Å². The van der Waals surface area contributed by atoms with Gasteiger partial charge in [0.25, 0.3) is 0 Å². The molecule has 0 saturated carbocycles. The highest BCUT2D eigenvalue weighted by Crippen LogP contribution is 2.38. The first-order valence-electron chi connectivity index (χ1n) is 8.14. The van der Waals surface area contributed by atoms with Crippen LogP contribution in [0.3, 0.4) is 0 Å². The Hall–Kier alpha value is -2.89. The maximum Gasteiger partial charge on any atom is 0.221 e. The van der Waals surface area contributed by atoms with Gasteiger partial charge in [-0.1, -0.05) is 0 Å². The second-order valence-electron chi connectivity index (χ2n) is 6.30. The van der Waals surface area contributed by atoms with Gasteiger partial charge in [-0.05, 0) is 42.8 Å². The fourth-order valence-corrected chi connectivity index (χ4v) is 3.48. The van der Waals surface area contributed by atoms with Gasteiger partial charge in [-0.3, -0.25) is 4.79 Å². The van der Waals surface area contributed by atoms with E-state index in [0.29, 0.717) is 17.9 Å². The van der Waals surface area contributed by atoms with Gasteiger partial charge in [0.1, 0.15) is 17.2 Å². The van der Waals surface area contributed by atoms with E-state index in [-0.39, 0.29) is 24.1 Å². The lowest BCUT2D eigenvalue weighted by Gasteiger charge is -2.19. The number of aryl methyl sites for hydroxylation is 1. The smallest absolute Gasteiger partial charge is 0.221 e. The molecule has 5 nitrogen and oxygen atoms in total. The summed E-state index contributed by atoms with van der Waals surface area (Å²) in [7, 11) is 1.55.